The molecule has 1 fully saturated rings. The van der Waals surface area contributed by atoms with Crippen LogP contribution in [-0.2, 0) is 4.79 Å². The number of thiocarbonyl (C=S) groups is 1. The van der Waals surface area contributed by atoms with Crippen LogP contribution in [0.5, 0.6) is 5.75 Å². The lowest BCUT2D eigenvalue weighted by Crippen LogP contribution is -2.28. The molecule has 0 N–H and O–H groups in total. The van der Waals surface area contributed by atoms with E-state index in [2.05, 4.69) is 0 Å². The Hall–Kier alpha value is -2.18. The highest BCUT2D eigenvalue weighted by atomic mass is 32.2. The zero-order valence-electron chi connectivity index (χ0n) is 12.2. The predicted octanol–water partition coefficient (Wildman–Crippen LogP) is 4.24. The van der Waals surface area contributed by atoms with Crippen LogP contribution in [0.4, 0.5) is 10.1 Å². The zero-order valence-corrected chi connectivity index (χ0v) is 13.8. The van der Waals surface area contributed by atoms with Crippen LogP contribution in [0.1, 0.15) is 5.56 Å². The Morgan fingerprint density at radius 3 is 2.74 bits per heavy atom. The summed E-state index contributed by atoms with van der Waals surface area (Å²) in [7, 11) is 1.58. The van der Waals surface area contributed by atoms with E-state index in [1.54, 1.807) is 25.3 Å². The first kappa shape index (κ1) is 15.7. The number of ether oxygens (including phenoxy) is 1. The molecule has 0 unspecified atom stereocenters. The Labute approximate surface area is 142 Å². The lowest BCUT2D eigenvalue weighted by Gasteiger charge is -2.14. The average Bonchev–Trinajstić information content (AvgIpc) is 2.82. The summed E-state index contributed by atoms with van der Waals surface area (Å²) in [5.41, 5.74) is 0.988. The molecule has 0 radical (unpaired) electrons. The average molecular weight is 345 g/mol. The van der Waals surface area contributed by atoms with Gasteiger partial charge in [-0.1, -0.05) is 48.2 Å². The molecule has 3 nitrogen and oxygen atoms in total. The van der Waals surface area contributed by atoms with Gasteiger partial charge in [0.05, 0.1) is 17.7 Å². The number of halogens is 1. The first-order valence-corrected chi connectivity index (χ1v) is 7.99. The lowest BCUT2D eigenvalue weighted by atomic mass is 10.2. The molecule has 0 bridgehead atoms. The topological polar surface area (TPSA) is 29.5 Å². The molecule has 0 aromatic heterocycles. The second-order valence-corrected chi connectivity index (χ2v) is 6.42. The van der Waals surface area contributed by atoms with Crippen molar-refractivity contribution in [1.82, 2.24) is 0 Å². The van der Waals surface area contributed by atoms with Crippen LogP contribution in [0.2, 0.25) is 0 Å². The summed E-state index contributed by atoms with van der Waals surface area (Å²) in [4.78, 5) is 14.3. The molecule has 2 aromatic carbocycles. The van der Waals surface area contributed by atoms with E-state index in [-0.39, 0.29) is 11.6 Å². The number of amides is 1. The van der Waals surface area contributed by atoms with Crippen LogP contribution in [0.15, 0.2) is 53.4 Å². The molecule has 1 heterocycles. The van der Waals surface area contributed by atoms with Crippen molar-refractivity contribution in [1.29, 1.82) is 0 Å². The number of nitrogens with zero attached hydrogens (tertiary/aromatic N) is 1. The molecule has 3 rings (SSSR count). The minimum Gasteiger partial charge on any atom is -0.497 e. The number of para-hydroxylation sites is 1. The largest absolute Gasteiger partial charge is 0.497 e. The van der Waals surface area contributed by atoms with Gasteiger partial charge in [0.25, 0.3) is 5.91 Å². The molecule has 0 saturated carbocycles. The summed E-state index contributed by atoms with van der Waals surface area (Å²) in [6.07, 6.45) is 1.72. The lowest BCUT2D eigenvalue weighted by molar-refractivity contribution is -0.113. The SMILES string of the molecule is COc1cccc(C=C2SC(=S)N(c3ccccc3F)C2=O)c1. The van der Waals surface area contributed by atoms with Gasteiger partial charge in [0.1, 0.15) is 11.6 Å². The van der Waals surface area contributed by atoms with Crippen molar-refractivity contribution in [2.45, 2.75) is 0 Å². The van der Waals surface area contributed by atoms with Crippen LogP contribution in [0.25, 0.3) is 6.08 Å². The van der Waals surface area contributed by atoms with Gasteiger partial charge in [-0.05, 0) is 35.9 Å². The molecular formula is C17H12FNO2S2. The van der Waals surface area contributed by atoms with Gasteiger partial charge in [0.2, 0.25) is 0 Å². The first-order valence-electron chi connectivity index (χ1n) is 6.76. The van der Waals surface area contributed by atoms with Crippen LogP contribution in [-0.4, -0.2) is 17.3 Å². The monoisotopic (exact) mass is 345 g/mol. The fourth-order valence-electron chi connectivity index (χ4n) is 2.19. The maximum atomic E-state index is 13.9. The molecule has 0 atom stereocenters. The van der Waals surface area contributed by atoms with Gasteiger partial charge in [0, 0.05) is 0 Å². The van der Waals surface area contributed by atoms with E-state index in [4.69, 9.17) is 17.0 Å². The van der Waals surface area contributed by atoms with Crippen molar-refractivity contribution in [2.24, 2.45) is 0 Å². The van der Waals surface area contributed by atoms with E-state index in [1.165, 1.54) is 17.0 Å². The third kappa shape index (κ3) is 3.13. The molecule has 1 saturated heterocycles. The Balaban J connectivity index is 1.95. The second kappa shape index (κ2) is 6.52. The number of hydrogen-bond acceptors (Lipinski definition) is 4. The quantitative estimate of drug-likeness (QED) is 0.615. The van der Waals surface area contributed by atoms with Crippen molar-refractivity contribution in [3.05, 3.63) is 64.8 Å². The molecule has 6 heteroatoms. The highest BCUT2D eigenvalue weighted by Crippen LogP contribution is 2.37. The number of hydrogen-bond donors (Lipinski definition) is 0. The third-order valence-electron chi connectivity index (χ3n) is 3.28. The Morgan fingerprint density at radius 2 is 2.00 bits per heavy atom. The molecule has 1 aliphatic heterocycles. The molecule has 1 aliphatic rings. The highest BCUT2D eigenvalue weighted by molar-refractivity contribution is 8.27. The third-order valence-corrected chi connectivity index (χ3v) is 4.58. The van der Waals surface area contributed by atoms with Gasteiger partial charge in [-0.3, -0.25) is 9.69 Å². The van der Waals surface area contributed by atoms with E-state index in [1.807, 2.05) is 24.3 Å². The zero-order chi connectivity index (χ0) is 16.4. The maximum absolute atomic E-state index is 13.9. The summed E-state index contributed by atoms with van der Waals surface area (Å²) in [6, 6.07) is 13.4. The fourth-order valence-corrected chi connectivity index (χ4v) is 3.48. The number of rotatable bonds is 3. The summed E-state index contributed by atoms with van der Waals surface area (Å²) in [5, 5.41) is 0. The van der Waals surface area contributed by atoms with Crippen LogP contribution >= 0.6 is 24.0 Å². The van der Waals surface area contributed by atoms with Gasteiger partial charge < -0.3 is 4.74 Å². The van der Waals surface area contributed by atoms with Crippen molar-refractivity contribution >= 4 is 46.0 Å². The number of benzene rings is 2. The molecule has 23 heavy (non-hydrogen) atoms. The summed E-state index contributed by atoms with van der Waals surface area (Å²) in [6.45, 7) is 0. The smallest absolute Gasteiger partial charge is 0.270 e. The Morgan fingerprint density at radius 1 is 1.22 bits per heavy atom. The standard InChI is InChI=1S/C17H12FNO2S2/c1-21-12-6-4-5-11(9-12)10-15-16(20)19(17(22)23-15)14-8-3-2-7-13(14)18/h2-10H,1H3. The summed E-state index contributed by atoms with van der Waals surface area (Å²) in [5.74, 6) is -0.109. The fraction of sp³-hybridized carbons (Fsp3) is 0.0588. The van der Waals surface area contributed by atoms with Crippen molar-refractivity contribution < 1.29 is 13.9 Å². The minimum absolute atomic E-state index is 0.170. The number of carbonyl (C=O) groups is 1. The minimum atomic E-state index is -0.480. The molecule has 0 spiro atoms. The summed E-state index contributed by atoms with van der Waals surface area (Å²) < 4.78 is 19.4. The number of thioether (sulfide) groups is 1. The number of carbonyl (C=O) groups excluding carboxylic acids is 1. The summed E-state index contributed by atoms with van der Waals surface area (Å²) >= 11 is 6.39. The van der Waals surface area contributed by atoms with E-state index in [9.17, 15) is 9.18 Å². The first-order chi connectivity index (χ1) is 11.1. The van der Waals surface area contributed by atoms with Gasteiger partial charge in [0.15, 0.2) is 4.32 Å². The van der Waals surface area contributed by atoms with E-state index in [0.29, 0.717) is 15.0 Å². The van der Waals surface area contributed by atoms with Crippen LogP contribution < -0.4 is 9.64 Å². The van der Waals surface area contributed by atoms with Gasteiger partial charge >= 0.3 is 0 Å². The molecule has 1 amide bonds. The Kier molecular flexibility index (Phi) is 4.45. The normalized spacial score (nSPS) is 16.3. The van der Waals surface area contributed by atoms with Gasteiger partial charge in [-0.15, -0.1) is 0 Å². The molecule has 116 valence electrons. The van der Waals surface area contributed by atoms with Crippen molar-refractivity contribution in [3.63, 3.8) is 0 Å². The maximum Gasteiger partial charge on any atom is 0.270 e. The van der Waals surface area contributed by atoms with Gasteiger partial charge in [-0.25, -0.2) is 4.39 Å². The highest BCUT2D eigenvalue weighted by Gasteiger charge is 2.34. The Bertz CT molecular complexity index is 820. The number of methoxy groups -OCH3 is 1. The molecular weight excluding hydrogens is 333 g/mol. The van der Waals surface area contributed by atoms with Crippen molar-refractivity contribution in [2.75, 3.05) is 12.0 Å². The van der Waals surface area contributed by atoms with Gasteiger partial charge in [-0.2, -0.15) is 0 Å². The molecule has 2 aromatic rings. The predicted molar refractivity (Wildman–Crippen MR) is 95.0 cm³/mol. The van der Waals surface area contributed by atoms with Crippen LogP contribution in [0.3, 0.4) is 0 Å². The van der Waals surface area contributed by atoms with Crippen LogP contribution in [0, 0.1) is 5.82 Å². The van der Waals surface area contributed by atoms with E-state index >= 15 is 0 Å². The van der Waals surface area contributed by atoms with E-state index in [0.717, 1.165) is 17.3 Å². The molecule has 0 aliphatic carbocycles. The van der Waals surface area contributed by atoms with E-state index < -0.39 is 5.82 Å². The number of anilines is 1. The van der Waals surface area contributed by atoms with Crippen molar-refractivity contribution in [3.8, 4) is 5.75 Å². The second-order valence-electron chi connectivity index (χ2n) is 4.75.